The van der Waals surface area contributed by atoms with Crippen molar-refractivity contribution < 1.29 is 18.8 Å². The van der Waals surface area contributed by atoms with E-state index in [0.29, 0.717) is 18.8 Å². The second-order valence-electron chi connectivity index (χ2n) is 10.8. The van der Waals surface area contributed by atoms with Gasteiger partial charge in [-0.2, -0.15) is 0 Å². The van der Waals surface area contributed by atoms with Gasteiger partial charge in [0.2, 0.25) is 0 Å². The fourth-order valence-corrected chi connectivity index (χ4v) is 4.84. The molecule has 1 aliphatic rings. The smallest absolute Gasteiger partial charge is 0.466 e. The van der Waals surface area contributed by atoms with Crippen molar-refractivity contribution >= 4 is 41.1 Å². The van der Waals surface area contributed by atoms with Gasteiger partial charge >= 0.3 is 13.1 Å². The van der Waals surface area contributed by atoms with E-state index in [9.17, 15) is 4.79 Å². The predicted molar refractivity (Wildman–Crippen MR) is 135 cm³/mol. The van der Waals surface area contributed by atoms with Crippen molar-refractivity contribution in [2.24, 2.45) is 5.41 Å². The second-order valence-corrected chi connectivity index (χ2v) is 11.9. The van der Waals surface area contributed by atoms with E-state index in [1.54, 1.807) is 11.8 Å². The fourth-order valence-electron chi connectivity index (χ4n) is 3.82. The van der Waals surface area contributed by atoms with Gasteiger partial charge in [-0.15, -0.1) is 11.8 Å². The van der Waals surface area contributed by atoms with Gasteiger partial charge in [-0.25, -0.2) is 0 Å². The molecule has 0 atom stereocenters. The molecule has 1 aliphatic heterocycles. The number of hydrogen-bond donors (Lipinski definition) is 0. The third-order valence-electron chi connectivity index (χ3n) is 6.14. The van der Waals surface area contributed by atoms with E-state index in [1.807, 2.05) is 6.92 Å². The monoisotopic (exact) mass is 456 g/mol. The lowest BCUT2D eigenvalue weighted by Gasteiger charge is -2.32. The predicted octanol–water partition coefficient (Wildman–Crippen LogP) is 5.77. The van der Waals surface area contributed by atoms with E-state index in [1.165, 1.54) is 16.3 Å². The average molecular weight is 456 g/mol. The molecule has 1 heterocycles. The van der Waals surface area contributed by atoms with Crippen LogP contribution in [-0.2, 0) is 25.3 Å². The first-order valence-electron chi connectivity index (χ1n) is 11.5. The Hall–Kier alpha value is -1.50. The molecule has 2 aromatic carbocycles. The molecule has 1 fully saturated rings. The van der Waals surface area contributed by atoms with E-state index in [4.69, 9.17) is 14.0 Å². The number of fused-ring (bicyclic) bond motifs is 1. The first-order chi connectivity index (χ1) is 14.8. The van der Waals surface area contributed by atoms with Crippen LogP contribution in [0.2, 0.25) is 0 Å². The first-order valence-corrected chi connectivity index (χ1v) is 12.5. The maximum Gasteiger partial charge on any atom is 0.496 e. The molecule has 0 spiro atoms. The zero-order valence-electron chi connectivity index (χ0n) is 20.8. The van der Waals surface area contributed by atoms with Crippen molar-refractivity contribution in [2.45, 2.75) is 84.3 Å². The van der Waals surface area contributed by atoms with Crippen LogP contribution in [0.4, 0.5) is 0 Å². The number of benzene rings is 2. The quantitative estimate of drug-likeness (QED) is 0.301. The molecule has 0 radical (unpaired) electrons. The highest BCUT2D eigenvalue weighted by Gasteiger charge is 2.52. The van der Waals surface area contributed by atoms with Crippen molar-refractivity contribution in [1.82, 2.24) is 0 Å². The third-order valence-corrected chi connectivity index (χ3v) is 7.22. The molecular formula is C26H37BO4S. The number of esters is 1. The van der Waals surface area contributed by atoms with Crippen LogP contribution < -0.4 is 5.46 Å². The standard InChI is InChI=1S/C26H37BO4S/c1-9-29-23(28)12-13-32-22-16-19-11-10-18(17-24(2,3)4)14-20(19)15-21(22)27-30-25(5,6)26(7,8)31-27/h10-11,14-16H,9,12-13,17H2,1-8H3. The Balaban J connectivity index is 1.96. The zero-order chi connectivity index (χ0) is 23.7. The molecular weight excluding hydrogens is 419 g/mol. The molecule has 4 nitrogen and oxygen atoms in total. The van der Waals surface area contributed by atoms with Crippen molar-refractivity contribution in [3.05, 3.63) is 35.9 Å². The van der Waals surface area contributed by atoms with Crippen molar-refractivity contribution in [1.29, 1.82) is 0 Å². The lowest BCUT2D eigenvalue weighted by molar-refractivity contribution is -0.142. The van der Waals surface area contributed by atoms with E-state index in [2.05, 4.69) is 78.8 Å². The Morgan fingerprint density at radius 2 is 1.69 bits per heavy atom. The highest BCUT2D eigenvalue weighted by Crippen LogP contribution is 2.38. The van der Waals surface area contributed by atoms with Gasteiger partial charge in [0, 0.05) is 10.6 Å². The van der Waals surface area contributed by atoms with Crippen molar-refractivity contribution in [3.8, 4) is 0 Å². The number of carbonyl (C=O) groups is 1. The van der Waals surface area contributed by atoms with E-state index < -0.39 is 18.3 Å². The van der Waals surface area contributed by atoms with Gasteiger partial charge in [0.1, 0.15) is 0 Å². The van der Waals surface area contributed by atoms with Crippen molar-refractivity contribution in [3.63, 3.8) is 0 Å². The Labute approximate surface area is 197 Å². The molecule has 2 aromatic rings. The summed E-state index contributed by atoms with van der Waals surface area (Å²) in [7, 11) is -0.444. The Morgan fingerprint density at radius 1 is 1.03 bits per heavy atom. The number of thioether (sulfide) groups is 1. The Morgan fingerprint density at radius 3 is 2.28 bits per heavy atom. The van der Waals surface area contributed by atoms with Crippen LogP contribution in [0.1, 0.15) is 67.4 Å². The molecule has 0 N–H and O–H groups in total. The molecule has 174 valence electrons. The molecule has 0 amide bonds. The summed E-state index contributed by atoms with van der Waals surface area (Å²) in [6.07, 6.45) is 1.40. The van der Waals surface area contributed by atoms with E-state index in [0.717, 1.165) is 16.8 Å². The lowest BCUT2D eigenvalue weighted by atomic mass is 9.77. The summed E-state index contributed by atoms with van der Waals surface area (Å²) in [6, 6.07) is 11.1. The van der Waals surface area contributed by atoms with Gasteiger partial charge < -0.3 is 14.0 Å². The van der Waals surface area contributed by atoms with Gasteiger partial charge in [-0.05, 0) is 74.3 Å². The van der Waals surface area contributed by atoms with Crippen LogP contribution in [0, 0.1) is 5.41 Å². The van der Waals surface area contributed by atoms with Crippen LogP contribution in [0.15, 0.2) is 35.2 Å². The molecule has 0 bridgehead atoms. The van der Waals surface area contributed by atoms with Crippen LogP contribution >= 0.6 is 11.8 Å². The van der Waals surface area contributed by atoms with Crippen LogP contribution in [0.25, 0.3) is 10.8 Å². The Bertz CT molecular complexity index is 962. The minimum absolute atomic E-state index is 0.162. The van der Waals surface area contributed by atoms with Crippen molar-refractivity contribution in [2.75, 3.05) is 12.4 Å². The van der Waals surface area contributed by atoms with Gasteiger partial charge in [-0.3, -0.25) is 4.79 Å². The number of hydrogen-bond acceptors (Lipinski definition) is 5. The van der Waals surface area contributed by atoms with E-state index in [-0.39, 0.29) is 11.4 Å². The summed E-state index contributed by atoms with van der Waals surface area (Å²) in [5.74, 6) is 0.490. The molecule has 3 rings (SSSR count). The van der Waals surface area contributed by atoms with Gasteiger partial charge in [0.05, 0.1) is 24.2 Å². The largest absolute Gasteiger partial charge is 0.496 e. The maximum atomic E-state index is 11.8. The second kappa shape index (κ2) is 9.40. The third kappa shape index (κ3) is 5.89. The van der Waals surface area contributed by atoms with E-state index >= 15 is 0 Å². The zero-order valence-corrected chi connectivity index (χ0v) is 21.7. The number of ether oxygens (including phenoxy) is 1. The normalized spacial score (nSPS) is 17.7. The SMILES string of the molecule is CCOC(=O)CCSc1cc2ccc(CC(C)(C)C)cc2cc1B1OC(C)(C)C(C)(C)O1. The summed E-state index contributed by atoms with van der Waals surface area (Å²) < 4.78 is 17.9. The fraction of sp³-hybridized carbons (Fsp3) is 0.577. The number of carbonyl (C=O) groups excluding carboxylic acids is 1. The number of rotatable bonds is 7. The Kier molecular flexibility index (Phi) is 7.38. The topological polar surface area (TPSA) is 44.8 Å². The van der Waals surface area contributed by atoms with Gasteiger partial charge in [-0.1, -0.05) is 45.0 Å². The summed E-state index contributed by atoms with van der Waals surface area (Å²) in [4.78, 5) is 12.9. The van der Waals surface area contributed by atoms with Crippen LogP contribution in [0.5, 0.6) is 0 Å². The summed E-state index contributed by atoms with van der Waals surface area (Å²) in [5.41, 5.74) is 1.76. The van der Waals surface area contributed by atoms with Crippen LogP contribution in [-0.4, -0.2) is 36.6 Å². The summed E-state index contributed by atoms with van der Waals surface area (Å²) in [6.45, 7) is 17.3. The molecule has 1 saturated heterocycles. The maximum absolute atomic E-state index is 11.8. The molecule has 0 aromatic heterocycles. The highest BCUT2D eigenvalue weighted by molar-refractivity contribution is 7.99. The van der Waals surface area contributed by atoms with Gasteiger partial charge in [0.25, 0.3) is 0 Å². The van der Waals surface area contributed by atoms with Crippen LogP contribution in [0.3, 0.4) is 0 Å². The summed E-state index contributed by atoms with van der Waals surface area (Å²) >= 11 is 1.66. The molecule has 0 saturated carbocycles. The lowest BCUT2D eigenvalue weighted by Crippen LogP contribution is -2.41. The summed E-state index contributed by atoms with van der Waals surface area (Å²) in [5, 5.41) is 2.37. The minimum Gasteiger partial charge on any atom is -0.466 e. The average Bonchev–Trinajstić information content (AvgIpc) is 2.87. The molecule has 32 heavy (non-hydrogen) atoms. The molecule has 0 aliphatic carbocycles. The van der Waals surface area contributed by atoms with Gasteiger partial charge in [0.15, 0.2) is 0 Å². The first kappa shape index (κ1) is 25.1. The highest BCUT2D eigenvalue weighted by atomic mass is 32.2. The minimum atomic E-state index is -0.444. The molecule has 0 unspecified atom stereocenters. The molecule has 6 heteroatoms.